The number of aromatic carboxylic acids is 1. The summed E-state index contributed by atoms with van der Waals surface area (Å²) in [5, 5.41) is 22.8. The number of benzene rings is 2. The van der Waals surface area contributed by atoms with Crippen LogP contribution in [0.15, 0.2) is 86.3 Å². The largest absolute Gasteiger partial charge is 0.871 e. The number of furan rings is 1. The quantitative estimate of drug-likeness (QED) is 0.503. The van der Waals surface area contributed by atoms with Gasteiger partial charge in [-0.3, -0.25) is 0 Å². The minimum atomic E-state index is -1.07. The van der Waals surface area contributed by atoms with Crippen LogP contribution in [-0.2, 0) is 9.53 Å². The summed E-state index contributed by atoms with van der Waals surface area (Å²) in [7, 11) is 0. The molecule has 3 aromatic rings. The summed E-state index contributed by atoms with van der Waals surface area (Å²) in [5.41, 5.74) is 2.07. The molecule has 0 spiro atoms. The average molecular weight is 475 g/mol. The summed E-state index contributed by atoms with van der Waals surface area (Å²) in [5.74, 6) is -1.61. The minimum Gasteiger partial charge on any atom is -0.871 e. The van der Waals surface area contributed by atoms with E-state index in [-0.39, 0.29) is 27.7 Å². The van der Waals surface area contributed by atoms with Crippen LogP contribution in [-0.4, -0.2) is 28.7 Å². The molecule has 1 aromatic heterocycles. The molecule has 0 unspecified atom stereocenters. The number of carbonyl (C=O) groups excluding carboxylic acids is 1. The molecule has 0 bridgehead atoms. The van der Waals surface area contributed by atoms with Gasteiger partial charge in [0.05, 0.1) is 23.4 Å². The fourth-order valence-electron chi connectivity index (χ4n) is 3.30. The van der Waals surface area contributed by atoms with Gasteiger partial charge in [0.25, 0.3) is 0 Å². The molecule has 2 heterocycles. The highest BCUT2D eigenvalue weighted by atomic mass is 32.2. The van der Waals surface area contributed by atoms with E-state index in [0.717, 1.165) is 17.3 Å². The number of hydrogen-bond donors (Lipinski definition) is 1. The highest BCUT2D eigenvalue weighted by Gasteiger charge is 2.28. The van der Waals surface area contributed by atoms with Crippen molar-refractivity contribution < 1.29 is 29.0 Å². The van der Waals surface area contributed by atoms with E-state index in [0.29, 0.717) is 22.8 Å². The van der Waals surface area contributed by atoms with Crippen molar-refractivity contribution in [1.29, 1.82) is 0 Å². The highest BCUT2D eigenvalue weighted by Crippen LogP contribution is 2.39. The summed E-state index contributed by atoms with van der Waals surface area (Å²) in [6.45, 7) is 3.74. The molecule has 0 amide bonds. The van der Waals surface area contributed by atoms with Gasteiger partial charge in [-0.2, -0.15) is 0 Å². The van der Waals surface area contributed by atoms with Crippen LogP contribution in [0, 0.1) is 6.92 Å². The number of aliphatic imine (C=N–C) groups is 1. The van der Waals surface area contributed by atoms with Crippen LogP contribution in [0.25, 0.3) is 17.4 Å². The van der Waals surface area contributed by atoms with Gasteiger partial charge in [0.2, 0.25) is 0 Å². The molecule has 0 atom stereocenters. The lowest BCUT2D eigenvalue weighted by Crippen LogP contribution is -2.16. The zero-order chi connectivity index (χ0) is 24.2. The van der Waals surface area contributed by atoms with E-state index in [2.05, 4.69) is 4.99 Å². The van der Waals surface area contributed by atoms with Gasteiger partial charge in [-0.25, -0.2) is 14.6 Å². The van der Waals surface area contributed by atoms with Crippen LogP contribution in [0.5, 0.6) is 0 Å². The van der Waals surface area contributed by atoms with Crippen molar-refractivity contribution in [3.05, 3.63) is 93.8 Å². The van der Waals surface area contributed by atoms with Crippen LogP contribution in [0.1, 0.15) is 28.6 Å². The molecule has 1 N–H and O–H groups in total. The molecule has 8 heteroatoms. The minimum absolute atomic E-state index is 0.104. The summed E-state index contributed by atoms with van der Waals surface area (Å²) in [4.78, 5) is 28.8. The fourth-order valence-corrected chi connectivity index (χ4v) is 4.31. The van der Waals surface area contributed by atoms with Gasteiger partial charge in [0.1, 0.15) is 16.6 Å². The zero-order valence-electron chi connectivity index (χ0n) is 18.4. The number of thioether (sulfide) groups is 1. The molecule has 4 rings (SSSR count). The maximum absolute atomic E-state index is 13.1. The summed E-state index contributed by atoms with van der Waals surface area (Å²) in [6.07, 6.45) is 1.51. The number of nitrogens with zero attached hydrogens (tertiary/aromatic N) is 1. The third-order valence-electron chi connectivity index (χ3n) is 4.94. The molecule has 0 aliphatic carbocycles. The Morgan fingerprint density at radius 2 is 1.85 bits per heavy atom. The molecule has 0 radical (unpaired) electrons. The molecule has 0 fully saturated rings. The fraction of sp³-hybridized carbons (Fsp3) is 0.115. The third-order valence-corrected chi connectivity index (χ3v) is 5.95. The van der Waals surface area contributed by atoms with Crippen LogP contribution < -0.4 is 5.11 Å². The van der Waals surface area contributed by atoms with Gasteiger partial charge in [-0.1, -0.05) is 53.4 Å². The highest BCUT2D eigenvalue weighted by molar-refractivity contribution is 8.18. The number of hydrogen-bond acceptors (Lipinski definition) is 7. The van der Waals surface area contributed by atoms with Gasteiger partial charge in [0, 0.05) is 10.5 Å². The number of carbonyl (C=O) groups is 2. The Labute approximate surface area is 200 Å². The second-order valence-corrected chi connectivity index (χ2v) is 8.37. The van der Waals surface area contributed by atoms with Gasteiger partial charge < -0.3 is 19.4 Å². The standard InChI is InChI=1S/C26H21NO6S/c1-3-32-26(31)22-23(28)21(34-24(22)27-16-10-8-15(2)9-11-16)14-17-12-13-20(33-17)18-6-4-5-7-19(18)25(29)30/h4-14,28H,3H2,1-2H3,(H,29,30)/p-1. The predicted molar refractivity (Wildman–Crippen MR) is 129 cm³/mol. The number of carboxylic acids is 1. The molecule has 34 heavy (non-hydrogen) atoms. The SMILES string of the molecule is CCOC(=O)C1=C([O-])C(=Cc2ccc(-c3ccccc3C(=O)O)o2)SC1=Nc1ccc(C)cc1. The van der Waals surface area contributed by atoms with Crippen molar-refractivity contribution in [2.75, 3.05) is 6.61 Å². The van der Waals surface area contributed by atoms with E-state index in [1.807, 2.05) is 19.1 Å². The van der Waals surface area contributed by atoms with Crippen LogP contribution in [0.2, 0.25) is 0 Å². The predicted octanol–water partition coefficient (Wildman–Crippen LogP) is 4.95. The maximum Gasteiger partial charge on any atom is 0.340 e. The number of esters is 1. The lowest BCUT2D eigenvalue weighted by Gasteiger charge is -2.10. The average Bonchev–Trinajstić information content (AvgIpc) is 3.40. The monoisotopic (exact) mass is 474 g/mol. The molecular formula is C26H20NO6S-. The van der Waals surface area contributed by atoms with E-state index < -0.39 is 17.7 Å². The Hall–Kier alpha value is -4.04. The first-order valence-electron chi connectivity index (χ1n) is 10.4. The van der Waals surface area contributed by atoms with E-state index >= 15 is 0 Å². The molecule has 1 aliphatic heterocycles. The Balaban J connectivity index is 1.71. The summed E-state index contributed by atoms with van der Waals surface area (Å²) >= 11 is 1.06. The number of carboxylic acid groups (broad SMARTS) is 1. The Kier molecular flexibility index (Phi) is 6.70. The second-order valence-electron chi connectivity index (χ2n) is 7.34. The van der Waals surface area contributed by atoms with Crippen molar-refractivity contribution in [1.82, 2.24) is 0 Å². The maximum atomic E-state index is 13.1. The van der Waals surface area contributed by atoms with E-state index in [4.69, 9.17) is 9.15 Å². The molecule has 2 aromatic carbocycles. The third kappa shape index (κ3) is 4.82. The Morgan fingerprint density at radius 3 is 2.56 bits per heavy atom. The smallest absolute Gasteiger partial charge is 0.340 e. The van der Waals surface area contributed by atoms with Crippen molar-refractivity contribution in [3.63, 3.8) is 0 Å². The number of ether oxygens (including phenoxy) is 1. The van der Waals surface area contributed by atoms with E-state index in [1.165, 1.54) is 12.1 Å². The van der Waals surface area contributed by atoms with Crippen LogP contribution in [0.4, 0.5) is 5.69 Å². The van der Waals surface area contributed by atoms with Gasteiger partial charge in [0.15, 0.2) is 0 Å². The Bertz CT molecular complexity index is 1350. The van der Waals surface area contributed by atoms with E-state index in [1.54, 1.807) is 49.4 Å². The molecule has 172 valence electrons. The first-order valence-corrected chi connectivity index (χ1v) is 11.3. The van der Waals surface area contributed by atoms with Crippen molar-refractivity contribution >= 4 is 40.5 Å². The lowest BCUT2D eigenvalue weighted by molar-refractivity contribution is -0.296. The summed E-state index contributed by atoms with van der Waals surface area (Å²) < 4.78 is 10.9. The normalized spacial score (nSPS) is 15.8. The first kappa shape index (κ1) is 23.1. The number of aryl methyl sites for hydroxylation is 1. The molecule has 0 saturated carbocycles. The topological polar surface area (TPSA) is 112 Å². The Morgan fingerprint density at radius 1 is 1.12 bits per heavy atom. The number of rotatable bonds is 6. The molecule has 0 saturated heterocycles. The van der Waals surface area contributed by atoms with E-state index in [9.17, 15) is 19.8 Å². The molecular weight excluding hydrogens is 454 g/mol. The first-order chi connectivity index (χ1) is 16.4. The van der Waals surface area contributed by atoms with Gasteiger partial charge in [-0.15, -0.1) is 0 Å². The van der Waals surface area contributed by atoms with Gasteiger partial charge in [-0.05, 0) is 50.3 Å². The van der Waals surface area contributed by atoms with Crippen LogP contribution in [0.3, 0.4) is 0 Å². The summed E-state index contributed by atoms with van der Waals surface area (Å²) in [6, 6.07) is 17.1. The van der Waals surface area contributed by atoms with Gasteiger partial charge >= 0.3 is 11.9 Å². The zero-order valence-corrected chi connectivity index (χ0v) is 19.2. The van der Waals surface area contributed by atoms with Crippen molar-refractivity contribution in [3.8, 4) is 11.3 Å². The molecule has 1 aliphatic rings. The van der Waals surface area contributed by atoms with Crippen molar-refractivity contribution in [2.45, 2.75) is 13.8 Å². The lowest BCUT2D eigenvalue weighted by atomic mass is 10.1. The van der Waals surface area contributed by atoms with Crippen LogP contribution >= 0.6 is 11.8 Å². The molecule has 7 nitrogen and oxygen atoms in total. The van der Waals surface area contributed by atoms with Crippen molar-refractivity contribution in [2.24, 2.45) is 4.99 Å². The second kappa shape index (κ2) is 9.84.